The lowest BCUT2D eigenvalue weighted by Crippen LogP contribution is -2.60. The summed E-state index contributed by atoms with van der Waals surface area (Å²) >= 11 is 4.05. The molecule has 3 aliphatic carbocycles. The van der Waals surface area contributed by atoms with Crippen LogP contribution in [0.1, 0.15) is 177 Å². The van der Waals surface area contributed by atoms with E-state index >= 15 is 0 Å². The summed E-state index contributed by atoms with van der Waals surface area (Å²) in [6, 6.07) is 148. The quantitative estimate of drug-likeness (QED) is 0.100. The number of hydrogen-bond acceptors (Lipinski definition) is 8. The molecule has 2 aromatic heterocycles. The average Bonchev–Trinajstić information content (AvgIpc) is 1.40. The van der Waals surface area contributed by atoms with Gasteiger partial charge in [-0.15, -0.1) is 22.7 Å². The molecule has 0 saturated carbocycles. The molecule has 18 aromatic carbocycles. The van der Waals surface area contributed by atoms with E-state index in [2.05, 4.69) is 529 Å². The Labute approximate surface area is 887 Å². The van der Waals surface area contributed by atoms with E-state index in [0.29, 0.717) is 0 Å². The van der Waals surface area contributed by atoms with Crippen molar-refractivity contribution in [1.29, 1.82) is 0 Å². The summed E-state index contributed by atoms with van der Waals surface area (Å²) in [4.78, 5) is 15.8. The third kappa shape index (κ3) is 14.5. The zero-order valence-corrected chi connectivity index (χ0v) is 90.0. The summed E-state index contributed by atoms with van der Waals surface area (Å²) in [5.74, 6) is 0. The van der Waals surface area contributed by atoms with Gasteiger partial charge in [0.15, 0.2) is 0 Å². The van der Waals surface area contributed by atoms with Gasteiger partial charge in [-0.05, 0) is 371 Å². The molecule has 0 amide bonds. The lowest BCUT2D eigenvalue weighted by atomic mass is 9.36. The third-order valence-electron chi connectivity index (χ3n) is 34.9. The van der Waals surface area contributed by atoms with Crippen molar-refractivity contribution in [2.75, 3.05) is 29.4 Å². The first-order chi connectivity index (χ1) is 71.9. The Morgan fingerprint density at radius 3 is 1.19 bits per heavy atom. The van der Waals surface area contributed by atoms with Crippen LogP contribution in [0.15, 0.2) is 382 Å². The van der Waals surface area contributed by atoms with Gasteiger partial charge in [0.2, 0.25) is 0 Å². The van der Waals surface area contributed by atoms with Crippen molar-refractivity contribution < 1.29 is 0 Å². The minimum atomic E-state index is -0.439. The monoisotopic (exact) mass is 1960 g/mol. The summed E-state index contributed by atoms with van der Waals surface area (Å²) < 4.78 is 5.39. The van der Waals surface area contributed by atoms with Gasteiger partial charge in [0.25, 0.3) is 13.4 Å². The van der Waals surface area contributed by atoms with Crippen molar-refractivity contribution >= 4 is 190 Å². The number of para-hydroxylation sites is 5. The zero-order valence-electron chi connectivity index (χ0n) is 88.4. The molecule has 7 aliphatic rings. The van der Waals surface area contributed by atoms with Crippen LogP contribution in [0.5, 0.6) is 0 Å². The highest BCUT2D eigenvalue weighted by atomic mass is 32.1. The van der Waals surface area contributed by atoms with Crippen LogP contribution in [-0.4, -0.2) is 13.4 Å². The molecule has 0 unspecified atom stereocenters. The maximum atomic E-state index is 2.72. The Kier molecular flexibility index (Phi) is 21.0. The van der Waals surface area contributed by atoms with Crippen LogP contribution in [0, 0.1) is 27.7 Å². The van der Waals surface area contributed by atoms with Gasteiger partial charge in [-0.2, -0.15) is 0 Å². The number of hydrogen-bond donors (Lipinski definition) is 0. The lowest BCUT2D eigenvalue weighted by molar-refractivity contribution is 0.332. The van der Waals surface area contributed by atoms with Gasteiger partial charge >= 0.3 is 0 Å². The van der Waals surface area contributed by atoms with E-state index in [1.165, 1.54) is 175 Å². The molecular weight excluding hydrogens is 1840 g/mol. The molecule has 0 fully saturated rings. The lowest BCUT2D eigenvalue weighted by Gasteiger charge is -2.45. The normalized spacial score (nSPS) is 15.6. The molecule has 0 N–H and O–H groups in total. The van der Waals surface area contributed by atoms with Crippen LogP contribution in [0.25, 0.3) is 75.8 Å². The Bertz CT molecular complexity index is 8850. The number of nitrogens with zero attached hydrogens (tertiary/aromatic N) is 6. The second kappa shape index (κ2) is 33.9. The van der Waals surface area contributed by atoms with Crippen molar-refractivity contribution in [3.63, 3.8) is 0 Å². The number of rotatable bonds is 14. The van der Waals surface area contributed by atoms with Crippen LogP contribution in [-0.2, 0) is 32.5 Å². The van der Waals surface area contributed by atoms with E-state index in [1.54, 1.807) is 0 Å². The van der Waals surface area contributed by atoms with Crippen molar-refractivity contribution in [2.45, 2.75) is 176 Å². The predicted molar refractivity (Wildman–Crippen MR) is 642 cm³/mol. The van der Waals surface area contributed by atoms with E-state index in [4.69, 9.17) is 0 Å². The van der Waals surface area contributed by atoms with E-state index in [9.17, 15) is 0 Å². The highest BCUT2D eigenvalue weighted by Gasteiger charge is 2.52. The highest BCUT2D eigenvalue weighted by molar-refractivity contribution is 7.34. The summed E-state index contributed by atoms with van der Waals surface area (Å²) in [6.45, 7) is 40.7. The SMILES string of the molecule is Cc1cccc(C)c1-c1cccc(N2c3cc(-c4c(C)cccc4C)ccc3B3c4sc5cc6c(cc5c4N(c4ccc(C(C)(C)C)cc4)c4cc(N(c5ccccc5)c5cccc(-c7ccc8c(c7)-c7cc9c(cc7C8(C)C)N(c7ccccc7-c7ccccc7)c7cc(N(c8ccccc8)c8ccccc8)cc8c7B9c7sc9cc%10c(cc9c7N8c7ccccc7)C(C)(C)CCC%10(C)C)c5)cc2c43)C(C)(C)CCC6(C)C)c1. The zero-order chi connectivity index (χ0) is 102. The average molecular weight is 1960 g/mol. The van der Waals surface area contributed by atoms with Gasteiger partial charge in [-0.3, -0.25) is 0 Å². The molecule has 6 nitrogen and oxygen atoms in total. The molecule has 20 aromatic rings. The molecule has 726 valence electrons. The van der Waals surface area contributed by atoms with Crippen molar-refractivity contribution in [2.24, 2.45) is 0 Å². The molecule has 0 spiro atoms. The molecule has 0 bridgehead atoms. The molecule has 0 saturated heterocycles. The summed E-state index contributed by atoms with van der Waals surface area (Å²) in [5.41, 5.74) is 51.9. The first-order valence-corrected chi connectivity index (χ1v) is 55.2. The van der Waals surface area contributed by atoms with Crippen molar-refractivity contribution in [3.05, 3.63) is 443 Å². The number of thiophene rings is 2. The smallest absolute Gasteiger partial charge is 0.264 e. The third-order valence-corrected chi connectivity index (χ3v) is 37.3. The Morgan fingerprint density at radius 1 is 0.262 bits per heavy atom. The van der Waals surface area contributed by atoms with Crippen LogP contribution in [0.4, 0.5) is 102 Å². The van der Waals surface area contributed by atoms with Crippen LogP contribution in [0.3, 0.4) is 0 Å². The maximum absolute atomic E-state index is 2.72. The fourth-order valence-electron chi connectivity index (χ4n) is 27.0. The van der Waals surface area contributed by atoms with Crippen LogP contribution in [0.2, 0.25) is 0 Å². The van der Waals surface area contributed by atoms with Crippen LogP contribution >= 0.6 is 22.7 Å². The van der Waals surface area contributed by atoms with Gasteiger partial charge in [0.1, 0.15) is 0 Å². The highest BCUT2D eigenvalue weighted by Crippen LogP contribution is 2.61. The topological polar surface area (TPSA) is 19.4 Å². The number of aryl methyl sites for hydroxylation is 4. The first-order valence-electron chi connectivity index (χ1n) is 53.6. The molecule has 0 radical (unpaired) electrons. The largest absolute Gasteiger partial charge is 0.311 e. The molecule has 27 rings (SSSR count). The predicted octanol–water partition coefficient (Wildman–Crippen LogP) is 35.4. The Morgan fingerprint density at radius 2 is 0.658 bits per heavy atom. The van der Waals surface area contributed by atoms with Crippen molar-refractivity contribution in [3.8, 4) is 55.6 Å². The fraction of sp³-hybridized carbons (Fsp3) is 0.194. The Balaban J connectivity index is 0.691. The molecular formula is C139H122B2N6S2. The molecule has 6 heterocycles. The van der Waals surface area contributed by atoms with E-state index < -0.39 is 5.41 Å². The fourth-order valence-corrected chi connectivity index (χ4v) is 29.6. The van der Waals surface area contributed by atoms with Crippen molar-refractivity contribution in [1.82, 2.24) is 0 Å². The summed E-state index contributed by atoms with van der Waals surface area (Å²) in [6.07, 6.45) is 4.50. The minimum Gasteiger partial charge on any atom is -0.311 e. The summed E-state index contributed by atoms with van der Waals surface area (Å²) in [5, 5.41) is 2.62. The summed E-state index contributed by atoms with van der Waals surface area (Å²) in [7, 11) is 0. The van der Waals surface area contributed by atoms with Gasteiger partial charge in [0, 0.05) is 115 Å². The van der Waals surface area contributed by atoms with E-state index in [0.717, 1.165) is 122 Å². The standard InChI is InChI=1S/C139H122B2N6S2/c1-85-39-35-40-86(2)126(85)92-46-38-56-101(72-92)144-118-74-93(127-87(3)41-36-42-88(127)4)60-66-115(118)140-128-120(144)75-103(77-121(128)146(99-63-61-94(62-64-99)134(5,6)7)130-107-79-111-113(83-124(107)148-132(130)140)137(12,13)69-67-135(111,8)9)143(97-51-29-21-30-52-97)100-55-37-45-90(71-100)91-59-65-109-105(73-91)106-81-116-119(82-110(106)139(109,16)17)147(117-58-34-33-57-104(117)89-43-23-18-24-44-89)123-78-102(142(95-47-25-19-26-48-95)96-49-27-20-28-50-96)76-122-129(123)141(116)133-131(145(122)98-53-31-22-32-54-98)108-80-112-114(84-125(108)149-133)138(14,15)70-68-136(112,10)11/h18-66,71-84H,67-70H2,1-17H3. The molecule has 10 heteroatoms. The maximum Gasteiger partial charge on any atom is 0.264 e. The van der Waals surface area contributed by atoms with Gasteiger partial charge < -0.3 is 29.4 Å². The number of fused-ring (bicyclic) bond motifs is 17. The first kappa shape index (κ1) is 92.4. The van der Waals surface area contributed by atoms with Gasteiger partial charge in [-0.1, -0.05) is 314 Å². The molecule has 149 heavy (non-hydrogen) atoms. The van der Waals surface area contributed by atoms with Gasteiger partial charge in [0.05, 0.1) is 28.4 Å². The van der Waals surface area contributed by atoms with Crippen LogP contribution < -0.4 is 60.8 Å². The molecule has 4 aliphatic heterocycles. The molecule has 0 atom stereocenters. The Hall–Kier alpha value is -15.2. The van der Waals surface area contributed by atoms with E-state index in [1.807, 2.05) is 22.7 Å². The number of benzene rings is 18. The van der Waals surface area contributed by atoms with E-state index in [-0.39, 0.29) is 40.5 Å². The minimum absolute atomic E-state index is 0.00173. The second-order valence-corrected chi connectivity index (χ2v) is 49.6. The number of anilines is 18. The second-order valence-electron chi connectivity index (χ2n) is 47.4. The van der Waals surface area contributed by atoms with Gasteiger partial charge in [-0.25, -0.2) is 0 Å².